The van der Waals surface area contributed by atoms with Crippen molar-refractivity contribution >= 4 is 17.2 Å². The highest BCUT2D eigenvalue weighted by atomic mass is 32.1. The van der Waals surface area contributed by atoms with Gasteiger partial charge in [-0.25, -0.2) is 4.98 Å². The zero-order chi connectivity index (χ0) is 14.7. The van der Waals surface area contributed by atoms with E-state index in [0.717, 1.165) is 21.1 Å². The van der Waals surface area contributed by atoms with Gasteiger partial charge in [0, 0.05) is 16.5 Å². The van der Waals surface area contributed by atoms with Crippen LogP contribution in [0, 0.1) is 13.8 Å². The Balaban J connectivity index is 2.17. The lowest BCUT2D eigenvalue weighted by Gasteiger charge is -2.06. The van der Waals surface area contributed by atoms with Crippen molar-refractivity contribution in [2.45, 2.75) is 40.2 Å². The SMILES string of the molecule is Cc1ccc(-c2nc(C)c(CC(=O)NC(C)C)s2)cc1. The molecule has 20 heavy (non-hydrogen) atoms. The second-order valence-electron chi connectivity index (χ2n) is 5.29. The zero-order valence-electron chi connectivity index (χ0n) is 12.4. The van der Waals surface area contributed by atoms with E-state index in [1.54, 1.807) is 11.3 Å². The van der Waals surface area contributed by atoms with Crippen LogP contribution in [0.5, 0.6) is 0 Å². The van der Waals surface area contributed by atoms with Gasteiger partial charge in [-0.1, -0.05) is 29.8 Å². The summed E-state index contributed by atoms with van der Waals surface area (Å²) in [7, 11) is 0. The fraction of sp³-hybridized carbons (Fsp3) is 0.375. The van der Waals surface area contributed by atoms with E-state index >= 15 is 0 Å². The summed E-state index contributed by atoms with van der Waals surface area (Å²) in [4.78, 5) is 17.5. The van der Waals surface area contributed by atoms with E-state index in [1.807, 2.05) is 20.8 Å². The molecule has 1 aromatic carbocycles. The summed E-state index contributed by atoms with van der Waals surface area (Å²) in [6.45, 7) is 7.97. The molecule has 2 aromatic rings. The maximum Gasteiger partial charge on any atom is 0.225 e. The molecule has 0 radical (unpaired) electrons. The minimum atomic E-state index is 0.0576. The number of hydrogen-bond donors (Lipinski definition) is 1. The Labute approximate surface area is 124 Å². The molecule has 1 heterocycles. The van der Waals surface area contributed by atoms with Gasteiger partial charge in [-0.2, -0.15) is 0 Å². The standard InChI is InChI=1S/C16H20N2OS/c1-10(2)17-15(19)9-14-12(4)18-16(20-14)13-7-5-11(3)6-8-13/h5-8,10H,9H2,1-4H3,(H,17,19). The second kappa shape index (κ2) is 6.18. The maximum atomic E-state index is 11.8. The molecular weight excluding hydrogens is 268 g/mol. The topological polar surface area (TPSA) is 42.0 Å². The minimum Gasteiger partial charge on any atom is -0.354 e. The van der Waals surface area contributed by atoms with Gasteiger partial charge in [-0.3, -0.25) is 4.79 Å². The average Bonchev–Trinajstić information content (AvgIpc) is 2.70. The molecule has 0 spiro atoms. The number of nitrogens with zero attached hydrogens (tertiary/aromatic N) is 1. The number of aryl methyl sites for hydroxylation is 2. The van der Waals surface area contributed by atoms with Gasteiger partial charge in [0.15, 0.2) is 0 Å². The number of carbonyl (C=O) groups excluding carboxylic acids is 1. The van der Waals surface area contributed by atoms with Crippen molar-refractivity contribution < 1.29 is 4.79 Å². The van der Waals surface area contributed by atoms with Gasteiger partial charge in [0.1, 0.15) is 5.01 Å². The number of rotatable bonds is 4. The van der Waals surface area contributed by atoms with Crippen LogP contribution in [0.15, 0.2) is 24.3 Å². The first-order valence-corrected chi connectivity index (χ1v) is 7.60. The molecule has 1 amide bonds. The van der Waals surface area contributed by atoms with Gasteiger partial charge in [-0.15, -0.1) is 11.3 Å². The summed E-state index contributed by atoms with van der Waals surface area (Å²) < 4.78 is 0. The molecule has 4 heteroatoms. The number of carbonyl (C=O) groups is 1. The third kappa shape index (κ3) is 3.67. The summed E-state index contributed by atoms with van der Waals surface area (Å²) in [5.74, 6) is 0.0576. The van der Waals surface area contributed by atoms with Crippen molar-refractivity contribution in [1.29, 1.82) is 0 Å². The highest BCUT2D eigenvalue weighted by molar-refractivity contribution is 7.15. The van der Waals surface area contributed by atoms with Crippen LogP contribution in [0.2, 0.25) is 0 Å². The Hall–Kier alpha value is -1.68. The molecule has 106 valence electrons. The third-order valence-electron chi connectivity index (χ3n) is 2.96. The van der Waals surface area contributed by atoms with Crippen molar-refractivity contribution in [2.24, 2.45) is 0 Å². The third-order valence-corrected chi connectivity index (χ3v) is 4.17. The molecule has 0 atom stereocenters. The highest BCUT2D eigenvalue weighted by Gasteiger charge is 2.13. The lowest BCUT2D eigenvalue weighted by atomic mass is 10.2. The van der Waals surface area contributed by atoms with E-state index in [2.05, 4.69) is 41.5 Å². The van der Waals surface area contributed by atoms with Gasteiger partial charge in [0.05, 0.1) is 12.1 Å². The van der Waals surface area contributed by atoms with E-state index in [4.69, 9.17) is 0 Å². The van der Waals surface area contributed by atoms with Crippen LogP contribution in [0.25, 0.3) is 10.6 Å². The van der Waals surface area contributed by atoms with Crippen LogP contribution in [-0.2, 0) is 11.2 Å². The molecule has 0 bridgehead atoms. The van der Waals surface area contributed by atoms with Crippen LogP contribution < -0.4 is 5.32 Å². The van der Waals surface area contributed by atoms with Gasteiger partial charge in [0.2, 0.25) is 5.91 Å². The molecule has 3 nitrogen and oxygen atoms in total. The largest absolute Gasteiger partial charge is 0.354 e. The lowest BCUT2D eigenvalue weighted by Crippen LogP contribution is -2.31. The molecular formula is C16H20N2OS. The average molecular weight is 288 g/mol. The Bertz CT molecular complexity index is 599. The maximum absolute atomic E-state index is 11.8. The Morgan fingerprint density at radius 3 is 2.50 bits per heavy atom. The summed E-state index contributed by atoms with van der Waals surface area (Å²) >= 11 is 1.60. The second-order valence-corrected chi connectivity index (χ2v) is 6.38. The Kier molecular flexibility index (Phi) is 4.55. The first-order valence-electron chi connectivity index (χ1n) is 6.78. The van der Waals surface area contributed by atoms with Crippen molar-refractivity contribution in [3.05, 3.63) is 40.4 Å². The molecule has 0 unspecified atom stereocenters. The van der Waals surface area contributed by atoms with E-state index in [-0.39, 0.29) is 11.9 Å². The fourth-order valence-electron chi connectivity index (χ4n) is 1.93. The van der Waals surface area contributed by atoms with Crippen LogP contribution >= 0.6 is 11.3 Å². The number of hydrogen-bond acceptors (Lipinski definition) is 3. The van der Waals surface area contributed by atoms with E-state index in [9.17, 15) is 4.79 Å². The van der Waals surface area contributed by atoms with Crippen molar-refractivity contribution in [2.75, 3.05) is 0 Å². The smallest absolute Gasteiger partial charge is 0.225 e. The number of nitrogens with one attached hydrogen (secondary N) is 1. The first-order chi connectivity index (χ1) is 9.45. The predicted molar refractivity (Wildman–Crippen MR) is 84.0 cm³/mol. The number of thiazole rings is 1. The zero-order valence-corrected chi connectivity index (χ0v) is 13.2. The van der Waals surface area contributed by atoms with E-state index in [0.29, 0.717) is 6.42 Å². The molecule has 0 fully saturated rings. The number of benzene rings is 1. The van der Waals surface area contributed by atoms with Gasteiger partial charge >= 0.3 is 0 Å². The van der Waals surface area contributed by atoms with Crippen LogP contribution in [0.1, 0.15) is 30.0 Å². The lowest BCUT2D eigenvalue weighted by molar-refractivity contribution is -0.120. The van der Waals surface area contributed by atoms with E-state index < -0.39 is 0 Å². The van der Waals surface area contributed by atoms with Crippen LogP contribution in [0.4, 0.5) is 0 Å². The molecule has 2 rings (SSSR count). The van der Waals surface area contributed by atoms with Crippen molar-refractivity contribution in [3.8, 4) is 10.6 Å². The van der Waals surface area contributed by atoms with Crippen molar-refractivity contribution in [3.63, 3.8) is 0 Å². The summed E-state index contributed by atoms with van der Waals surface area (Å²) in [5, 5.41) is 3.90. The summed E-state index contributed by atoms with van der Waals surface area (Å²) in [6.07, 6.45) is 0.410. The summed E-state index contributed by atoms with van der Waals surface area (Å²) in [6, 6.07) is 8.48. The molecule has 1 N–H and O–H groups in total. The first kappa shape index (κ1) is 14.7. The van der Waals surface area contributed by atoms with E-state index in [1.165, 1.54) is 5.56 Å². The predicted octanol–water partition coefficient (Wildman–Crippen LogP) is 3.49. The molecule has 0 aliphatic carbocycles. The van der Waals surface area contributed by atoms with Gasteiger partial charge in [0.25, 0.3) is 0 Å². The molecule has 0 aliphatic rings. The number of aromatic nitrogens is 1. The Morgan fingerprint density at radius 2 is 1.90 bits per heavy atom. The Morgan fingerprint density at radius 1 is 1.25 bits per heavy atom. The highest BCUT2D eigenvalue weighted by Crippen LogP contribution is 2.28. The minimum absolute atomic E-state index is 0.0576. The molecule has 1 aromatic heterocycles. The van der Waals surface area contributed by atoms with Crippen LogP contribution in [-0.4, -0.2) is 16.9 Å². The van der Waals surface area contributed by atoms with Gasteiger partial charge in [-0.05, 0) is 27.7 Å². The summed E-state index contributed by atoms with van der Waals surface area (Å²) in [5.41, 5.74) is 3.29. The van der Waals surface area contributed by atoms with Crippen LogP contribution in [0.3, 0.4) is 0 Å². The number of amides is 1. The molecule has 0 aliphatic heterocycles. The monoisotopic (exact) mass is 288 g/mol. The fourth-order valence-corrected chi connectivity index (χ4v) is 3.00. The molecule has 0 saturated heterocycles. The van der Waals surface area contributed by atoms with Gasteiger partial charge < -0.3 is 5.32 Å². The normalized spacial score (nSPS) is 10.8. The quantitative estimate of drug-likeness (QED) is 0.935. The van der Waals surface area contributed by atoms with Crippen molar-refractivity contribution in [1.82, 2.24) is 10.3 Å². The molecule has 0 saturated carbocycles.